The van der Waals surface area contributed by atoms with E-state index in [1.807, 2.05) is 12.1 Å². The molecule has 2 heterocycles. The molecule has 0 bridgehead atoms. The highest BCUT2D eigenvalue weighted by Crippen LogP contribution is 2.31. The molecular weight excluding hydrogens is 288 g/mol. The van der Waals surface area contributed by atoms with Crippen LogP contribution in [-0.2, 0) is 4.74 Å². The van der Waals surface area contributed by atoms with Crippen molar-refractivity contribution >= 4 is 34.2 Å². The van der Waals surface area contributed by atoms with Crippen LogP contribution in [0.15, 0.2) is 24.4 Å². The van der Waals surface area contributed by atoms with Crippen LogP contribution in [0.1, 0.15) is 30.1 Å². The molecule has 0 amide bonds. The first-order chi connectivity index (χ1) is 10.2. The van der Waals surface area contributed by atoms with Crippen LogP contribution in [0, 0.1) is 0 Å². The topological polar surface area (TPSA) is 42.4 Å². The first-order valence-corrected chi connectivity index (χ1v) is 7.59. The number of halogens is 1. The van der Waals surface area contributed by atoms with Gasteiger partial charge in [-0.25, -0.2) is 4.79 Å². The Morgan fingerprint density at radius 1 is 1.38 bits per heavy atom. The summed E-state index contributed by atoms with van der Waals surface area (Å²) in [4.78, 5) is 18.5. The molecule has 0 aliphatic carbocycles. The van der Waals surface area contributed by atoms with Crippen LogP contribution in [0.4, 0.5) is 5.69 Å². The van der Waals surface area contributed by atoms with Gasteiger partial charge in [-0.15, -0.1) is 0 Å². The van der Waals surface area contributed by atoms with Crippen LogP contribution in [0.2, 0.25) is 5.02 Å². The third-order valence-corrected chi connectivity index (χ3v) is 4.16. The molecule has 0 saturated carbocycles. The average Bonchev–Trinajstić information content (AvgIpc) is 3.02. The van der Waals surface area contributed by atoms with E-state index in [2.05, 4.69) is 16.0 Å². The van der Waals surface area contributed by atoms with Gasteiger partial charge in [-0.05, 0) is 38.0 Å². The lowest BCUT2D eigenvalue weighted by atomic mass is 10.1. The van der Waals surface area contributed by atoms with Gasteiger partial charge >= 0.3 is 5.97 Å². The molecule has 1 aromatic heterocycles. The number of benzene rings is 1. The molecule has 3 rings (SSSR count). The van der Waals surface area contributed by atoms with E-state index >= 15 is 0 Å². The molecule has 1 saturated heterocycles. The second-order valence-electron chi connectivity index (χ2n) is 5.10. The summed E-state index contributed by atoms with van der Waals surface area (Å²) in [6.45, 7) is 4.22. The van der Waals surface area contributed by atoms with Crippen molar-refractivity contribution in [1.29, 1.82) is 0 Å². The van der Waals surface area contributed by atoms with E-state index in [-0.39, 0.29) is 0 Å². The Morgan fingerprint density at radius 2 is 2.14 bits per heavy atom. The van der Waals surface area contributed by atoms with Gasteiger partial charge in [-0.1, -0.05) is 11.6 Å². The first kappa shape index (κ1) is 14.1. The summed E-state index contributed by atoms with van der Waals surface area (Å²) >= 11 is 6.39. The van der Waals surface area contributed by atoms with Gasteiger partial charge in [0.05, 0.1) is 22.7 Å². The van der Waals surface area contributed by atoms with Gasteiger partial charge in [0.1, 0.15) is 0 Å². The molecule has 1 aromatic carbocycles. The fourth-order valence-electron chi connectivity index (χ4n) is 2.67. The molecular formula is C16H17ClN2O2. The van der Waals surface area contributed by atoms with Crippen molar-refractivity contribution in [3.8, 4) is 0 Å². The summed E-state index contributed by atoms with van der Waals surface area (Å²) in [7, 11) is 0. The van der Waals surface area contributed by atoms with Crippen LogP contribution in [0.25, 0.3) is 10.9 Å². The van der Waals surface area contributed by atoms with Crippen molar-refractivity contribution in [2.45, 2.75) is 19.8 Å². The number of pyridine rings is 1. The molecule has 110 valence electrons. The van der Waals surface area contributed by atoms with E-state index in [9.17, 15) is 4.79 Å². The number of aromatic nitrogens is 1. The maximum atomic E-state index is 11.9. The van der Waals surface area contributed by atoms with E-state index in [1.165, 1.54) is 19.0 Å². The molecule has 21 heavy (non-hydrogen) atoms. The highest BCUT2D eigenvalue weighted by Gasteiger charge is 2.17. The maximum absolute atomic E-state index is 11.9. The Labute approximate surface area is 128 Å². The van der Waals surface area contributed by atoms with Crippen LogP contribution in [0.5, 0.6) is 0 Å². The summed E-state index contributed by atoms with van der Waals surface area (Å²) in [5.41, 5.74) is 2.24. The minimum absolute atomic E-state index is 0.320. The molecule has 0 unspecified atom stereocenters. The monoisotopic (exact) mass is 304 g/mol. The number of hydrogen-bond donors (Lipinski definition) is 0. The molecule has 1 aliphatic rings. The molecule has 0 N–H and O–H groups in total. The summed E-state index contributed by atoms with van der Waals surface area (Å²) in [5, 5.41) is 1.21. The second-order valence-corrected chi connectivity index (χ2v) is 5.48. The number of esters is 1. The Kier molecular flexibility index (Phi) is 3.97. The number of ether oxygens (including phenoxy) is 1. The average molecular weight is 305 g/mol. The first-order valence-electron chi connectivity index (χ1n) is 7.21. The summed E-state index contributed by atoms with van der Waals surface area (Å²) in [6, 6.07) is 6.02. The summed E-state index contributed by atoms with van der Waals surface area (Å²) < 4.78 is 5.01. The Hall–Kier alpha value is -1.81. The van der Waals surface area contributed by atoms with Crippen LogP contribution >= 0.6 is 11.6 Å². The number of carbonyl (C=O) groups excluding carboxylic acids is 1. The third-order valence-electron chi connectivity index (χ3n) is 3.75. The predicted molar refractivity (Wildman–Crippen MR) is 84.2 cm³/mol. The SMILES string of the molecule is CCOC(=O)c1cnc2ccc(N3CCCC3)cc2c1Cl. The third kappa shape index (κ3) is 2.68. The molecule has 0 atom stereocenters. The van der Waals surface area contributed by atoms with Gasteiger partial charge in [-0.3, -0.25) is 4.98 Å². The van der Waals surface area contributed by atoms with Gasteiger partial charge in [0.25, 0.3) is 0 Å². The molecule has 5 heteroatoms. The number of rotatable bonds is 3. The highest BCUT2D eigenvalue weighted by molar-refractivity contribution is 6.38. The van der Waals surface area contributed by atoms with E-state index in [4.69, 9.17) is 16.3 Å². The van der Waals surface area contributed by atoms with Crippen molar-refractivity contribution in [1.82, 2.24) is 4.98 Å². The van der Waals surface area contributed by atoms with Gasteiger partial charge < -0.3 is 9.64 Å². The molecule has 1 aliphatic heterocycles. The van der Waals surface area contributed by atoms with Crippen molar-refractivity contribution < 1.29 is 9.53 Å². The van der Waals surface area contributed by atoms with E-state index < -0.39 is 5.97 Å². The number of nitrogens with zero attached hydrogens (tertiary/aromatic N) is 2. The highest BCUT2D eigenvalue weighted by atomic mass is 35.5. The van der Waals surface area contributed by atoms with Crippen molar-refractivity contribution in [3.63, 3.8) is 0 Å². The lowest BCUT2D eigenvalue weighted by Gasteiger charge is -2.18. The molecule has 0 spiro atoms. The standard InChI is InChI=1S/C16H17ClN2O2/c1-2-21-16(20)13-10-18-14-6-5-11(9-12(14)15(13)17)19-7-3-4-8-19/h5-6,9-10H,2-4,7-8H2,1H3. The zero-order valence-corrected chi connectivity index (χ0v) is 12.7. The van der Waals surface area contributed by atoms with E-state index in [0.29, 0.717) is 17.2 Å². The number of hydrogen-bond acceptors (Lipinski definition) is 4. The summed E-state index contributed by atoms with van der Waals surface area (Å²) in [5.74, 6) is -0.427. The molecule has 0 radical (unpaired) electrons. The minimum atomic E-state index is -0.427. The lowest BCUT2D eigenvalue weighted by Crippen LogP contribution is -2.17. The van der Waals surface area contributed by atoms with E-state index in [0.717, 1.165) is 29.7 Å². The quantitative estimate of drug-likeness (QED) is 0.812. The molecule has 2 aromatic rings. The van der Waals surface area contributed by atoms with Gasteiger partial charge in [0, 0.05) is 30.4 Å². The van der Waals surface area contributed by atoms with E-state index in [1.54, 1.807) is 6.92 Å². The van der Waals surface area contributed by atoms with Crippen molar-refractivity contribution in [3.05, 3.63) is 35.0 Å². The smallest absolute Gasteiger partial charge is 0.341 e. The van der Waals surface area contributed by atoms with Crippen molar-refractivity contribution in [2.24, 2.45) is 0 Å². The molecule has 1 fully saturated rings. The summed E-state index contributed by atoms with van der Waals surface area (Å²) in [6.07, 6.45) is 3.91. The number of carbonyl (C=O) groups is 1. The fourth-order valence-corrected chi connectivity index (χ4v) is 2.95. The molecule has 4 nitrogen and oxygen atoms in total. The zero-order valence-electron chi connectivity index (χ0n) is 11.9. The fraction of sp³-hybridized carbons (Fsp3) is 0.375. The Balaban J connectivity index is 2.05. The lowest BCUT2D eigenvalue weighted by molar-refractivity contribution is 0.0526. The van der Waals surface area contributed by atoms with Gasteiger partial charge in [0.15, 0.2) is 0 Å². The Bertz CT molecular complexity index is 681. The number of fused-ring (bicyclic) bond motifs is 1. The predicted octanol–water partition coefficient (Wildman–Crippen LogP) is 3.67. The van der Waals surface area contributed by atoms with Crippen LogP contribution < -0.4 is 4.90 Å². The largest absolute Gasteiger partial charge is 0.462 e. The zero-order chi connectivity index (χ0) is 14.8. The maximum Gasteiger partial charge on any atom is 0.341 e. The van der Waals surface area contributed by atoms with Crippen molar-refractivity contribution in [2.75, 3.05) is 24.6 Å². The minimum Gasteiger partial charge on any atom is -0.462 e. The van der Waals surface area contributed by atoms with Crippen LogP contribution in [-0.4, -0.2) is 30.6 Å². The van der Waals surface area contributed by atoms with Gasteiger partial charge in [-0.2, -0.15) is 0 Å². The Morgan fingerprint density at radius 3 is 2.86 bits per heavy atom. The number of anilines is 1. The van der Waals surface area contributed by atoms with Crippen LogP contribution in [0.3, 0.4) is 0 Å². The van der Waals surface area contributed by atoms with Gasteiger partial charge in [0.2, 0.25) is 0 Å². The normalized spacial score (nSPS) is 14.7. The second kappa shape index (κ2) is 5.90.